The Morgan fingerprint density at radius 3 is 2.28 bits per heavy atom. The highest BCUT2D eigenvalue weighted by Crippen LogP contribution is 2.33. The predicted molar refractivity (Wildman–Crippen MR) is 103 cm³/mol. The Labute approximate surface area is 168 Å². The minimum absolute atomic E-state index is 0.104. The normalized spacial score (nSPS) is 17.2. The maximum atomic E-state index is 13.0. The van der Waals surface area contributed by atoms with E-state index in [1.807, 2.05) is 0 Å². The third-order valence-corrected chi connectivity index (χ3v) is 6.91. The molecule has 0 aromatic heterocycles. The second-order valence-electron chi connectivity index (χ2n) is 6.89. The van der Waals surface area contributed by atoms with Gasteiger partial charge in [-0.2, -0.15) is 4.31 Å². The summed E-state index contributed by atoms with van der Waals surface area (Å²) in [6, 6.07) is 10.4. The zero-order valence-corrected chi connectivity index (χ0v) is 16.5. The molecule has 7 nitrogen and oxygen atoms in total. The molecule has 9 heteroatoms. The Balaban J connectivity index is 1.39. The van der Waals surface area contributed by atoms with Crippen molar-refractivity contribution < 1.29 is 27.1 Å². The maximum Gasteiger partial charge on any atom is 0.243 e. The van der Waals surface area contributed by atoms with Gasteiger partial charge in [-0.3, -0.25) is 4.79 Å². The second-order valence-corrected chi connectivity index (χ2v) is 8.83. The van der Waals surface area contributed by atoms with Crippen molar-refractivity contribution in [2.75, 3.05) is 39.4 Å². The smallest absolute Gasteiger partial charge is 0.243 e. The molecule has 0 N–H and O–H groups in total. The molecule has 2 heterocycles. The molecule has 2 aromatic carbocycles. The fourth-order valence-electron chi connectivity index (χ4n) is 3.40. The minimum atomic E-state index is -3.69. The van der Waals surface area contributed by atoms with Crippen molar-refractivity contribution in [1.82, 2.24) is 9.21 Å². The Morgan fingerprint density at radius 2 is 1.59 bits per heavy atom. The molecule has 0 unspecified atom stereocenters. The number of benzene rings is 2. The predicted octanol–water partition coefficient (Wildman–Crippen LogP) is 1.67. The number of rotatable bonds is 4. The average Bonchev–Trinajstić information content (AvgIpc) is 2.75. The van der Waals surface area contributed by atoms with Gasteiger partial charge in [-0.15, -0.1) is 0 Å². The SMILES string of the molecule is O=C(Cc1ccc(F)cc1)N1CCN(S(=O)(=O)c2ccc3c(c2)OCCO3)CC1. The molecule has 29 heavy (non-hydrogen) atoms. The van der Waals surface area contributed by atoms with Crippen molar-refractivity contribution in [2.24, 2.45) is 0 Å². The highest BCUT2D eigenvalue weighted by Gasteiger charge is 2.31. The first-order valence-corrected chi connectivity index (χ1v) is 10.8. The number of carbonyl (C=O) groups is 1. The van der Waals surface area contributed by atoms with Gasteiger partial charge in [0, 0.05) is 32.2 Å². The molecule has 1 saturated heterocycles. The van der Waals surface area contributed by atoms with E-state index in [-0.39, 0.29) is 36.1 Å². The summed E-state index contributed by atoms with van der Waals surface area (Å²) in [5, 5.41) is 0. The average molecular weight is 420 g/mol. The van der Waals surface area contributed by atoms with Gasteiger partial charge in [-0.1, -0.05) is 12.1 Å². The molecule has 0 atom stereocenters. The van der Waals surface area contributed by atoms with Crippen LogP contribution in [0.5, 0.6) is 11.5 Å². The monoisotopic (exact) mass is 420 g/mol. The summed E-state index contributed by atoms with van der Waals surface area (Å²) in [4.78, 5) is 14.3. The first-order valence-electron chi connectivity index (χ1n) is 9.35. The number of halogens is 1. The number of carbonyl (C=O) groups excluding carboxylic acids is 1. The largest absolute Gasteiger partial charge is 0.486 e. The molecular formula is C20H21FN2O5S. The van der Waals surface area contributed by atoms with Gasteiger partial charge >= 0.3 is 0 Å². The van der Waals surface area contributed by atoms with E-state index in [0.29, 0.717) is 37.8 Å². The zero-order valence-electron chi connectivity index (χ0n) is 15.7. The molecule has 1 fully saturated rings. The molecule has 2 aromatic rings. The standard InChI is InChI=1S/C20H21FN2O5S/c21-16-3-1-15(2-4-16)13-20(24)22-7-9-23(10-8-22)29(25,26)17-5-6-18-19(14-17)28-12-11-27-18/h1-6,14H,7-13H2. The Bertz CT molecular complexity index is 1000. The van der Waals surface area contributed by atoms with Crippen LogP contribution in [0.4, 0.5) is 4.39 Å². The van der Waals surface area contributed by atoms with Crippen LogP contribution in [-0.2, 0) is 21.2 Å². The van der Waals surface area contributed by atoms with Crippen LogP contribution < -0.4 is 9.47 Å². The molecule has 1 amide bonds. The summed E-state index contributed by atoms with van der Waals surface area (Å²) in [6.07, 6.45) is 0.162. The van der Waals surface area contributed by atoms with Crippen molar-refractivity contribution in [1.29, 1.82) is 0 Å². The van der Waals surface area contributed by atoms with E-state index < -0.39 is 10.0 Å². The summed E-state index contributed by atoms with van der Waals surface area (Å²) < 4.78 is 51.2. The van der Waals surface area contributed by atoms with Crippen LogP contribution >= 0.6 is 0 Å². The highest BCUT2D eigenvalue weighted by atomic mass is 32.2. The van der Waals surface area contributed by atoms with E-state index in [2.05, 4.69) is 0 Å². The van der Waals surface area contributed by atoms with Crippen LogP contribution in [0, 0.1) is 5.82 Å². The Morgan fingerprint density at radius 1 is 0.931 bits per heavy atom. The van der Waals surface area contributed by atoms with Crippen LogP contribution in [0.3, 0.4) is 0 Å². The van der Waals surface area contributed by atoms with Crippen molar-refractivity contribution >= 4 is 15.9 Å². The molecule has 0 radical (unpaired) electrons. The van der Waals surface area contributed by atoms with Crippen LogP contribution in [-0.4, -0.2) is 62.9 Å². The highest BCUT2D eigenvalue weighted by molar-refractivity contribution is 7.89. The van der Waals surface area contributed by atoms with Gasteiger partial charge in [0.2, 0.25) is 15.9 Å². The molecule has 0 aliphatic carbocycles. The van der Waals surface area contributed by atoms with E-state index in [0.717, 1.165) is 5.56 Å². The quantitative estimate of drug-likeness (QED) is 0.752. The molecule has 2 aliphatic rings. The lowest BCUT2D eigenvalue weighted by Crippen LogP contribution is -2.50. The fourth-order valence-corrected chi connectivity index (χ4v) is 4.84. The number of ether oxygens (including phenoxy) is 2. The number of hydrogen-bond acceptors (Lipinski definition) is 5. The lowest BCUT2D eigenvalue weighted by atomic mass is 10.1. The Kier molecular flexibility index (Phi) is 5.42. The van der Waals surface area contributed by atoms with E-state index in [9.17, 15) is 17.6 Å². The van der Waals surface area contributed by atoms with E-state index in [4.69, 9.17) is 9.47 Å². The summed E-state index contributed by atoms with van der Waals surface area (Å²) in [7, 11) is -3.69. The van der Waals surface area contributed by atoms with Gasteiger partial charge in [0.1, 0.15) is 19.0 Å². The van der Waals surface area contributed by atoms with Crippen molar-refractivity contribution in [3.63, 3.8) is 0 Å². The summed E-state index contributed by atoms with van der Waals surface area (Å²) in [5.41, 5.74) is 0.725. The van der Waals surface area contributed by atoms with E-state index >= 15 is 0 Å². The van der Waals surface area contributed by atoms with Crippen molar-refractivity contribution in [3.8, 4) is 11.5 Å². The van der Waals surface area contributed by atoms with Gasteiger partial charge in [0.05, 0.1) is 11.3 Å². The van der Waals surface area contributed by atoms with E-state index in [1.165, 1.54) is 28.6 Å². The number of piperazine rings is 1. The molecule has 2 aliphatic heterocycles. The third-order valence-electron chi connectivity index (χ3n) is 5.01. The summed E-state index contributed by atoms with van der Waals surface area (Å²) >= 11 is 0. The van der Waals surface area contributed by atoms with E-state index in [1.54, 1.807) is 23.1 Å². The first-order chi connectivity index (χ1) is 13.9. The van der Waals surface area contributed by atoms with Crippen LogP contribution in [0.2, 0.25) is 0 Å². The number of sulfonamides is 1. The first kappa shape index (κ1) is 19.7. The van der Waals surface area contributed by atoms with Gasteiger partial charge in [-0.25, -0.2) is 12.8 Å². The van der Waals surface area contributed by atoms with Crippen molar-refractivity contribution in [2.45, 2.75) is 11.3 Å². The van der Waals surface area contributed by atoms with Gasteiger partial charge < -0.3 is 14.4 Å². The molecule has 0 saturated carbocycles. The molecule has 0 bridgehead atoms. The zero-order chi connectivity index (χ0) is 20.4. The Hall–Kier alpha value is -2.65. The van der Waals surface area contributed by atoms with Gasteiger partial charge in [0.25, 0.3) is 0 Å². The van der Waals surface area contributed by atoms with Crippen LogP contribution in [0.1, 0.15) is 5.56 Å². The summed E-state index contributed by atoms with van der Waals surface area (Å²) in [5.74, 6) is 0.504. The minimum Gasteiger partial charge on any atom is -0.486 e. The molecular weight excluding hydrogens is 399 g/mol. The number of hydrogen-bond donors (Lipinski definition) is 0. The number of nitrogens with zero attached hydrogens (tertiary/aromatic N) is 2. The van der Waals surface area contributed by atoms with Crippen LogP contribution in [0.15, 0.2) is 47.4 Å². The fraction of sp³-hybridized carbons (Fsp3) is 0.350. The van der Waals surface area contributed by atoms with Crippen LogP contribution in [0.25, 0.3) is 0 Å². The van der Waals surface area contributed by atoms with Gasteiger partial charge in [-0.05, 0) is 29.8 Å². The third kappa shape index (κ3) is 4.20. The number of amides is 1. The summed E-state index contributed by atoms with van der Waals surface area (Å²) in [6.45, 7) is 1.86. The van der Waals surface area contributed by atoms with Gasteiger partial charge in [0.15, 0.2) is 11.5 Å². The lowest BCUT2D eigenvalue weighted by molar-refractivity contribution is -0.131. The lowest BCUT2D eigenvalue weighted by Gasteiger charge is -2.34. The molecule has 0 spiro atoms. The van der Waals surface area contributed by atoms with Crippen molar-refractivity contribution in [3.05, 3.63) is 53.8 Å². The second kappa shape index (κ2) is 8.00. The maximum absolute atomic E-state index is 13.0. The topological polar surface area (TPSA) is 76.2 Å². The molecule has 4 rings (SSSR count). The molecule has 154 valence electrons. The number of fused-ring (bicyclic) bond motifs is 1.